The van der Waals surface area contributed by atoms with E-state index in [1.165, 1.54) is 16.8 Å². The summed E-state index contributed by atoms with van der Waals surface area (Å²) in [5, 5.41) is 8.86. The third-order valence-corrected chi connectivity index (χ3v) is 4.03. The molecule has 1 saturated heterocycles. The van der Waals surface area contributed by atoms with Gasteiger partial charge in [0.15, 0.2) is 5.03 Å². The summed E-state index contributed by atoms with van der Waals surface area (Å²) in [6.45, 7) is 0.810. The fourth-order valence-electron chi connectivity index (χ4n) is 1.36. The lowest BCUT2D eigenvalue weighted by Crippen LogP contribution is -2.51. The minimum Gasteiger partial charge on any atom is -0.396 e. The highest BCUT2D eigenvalue weighted by Gasteiger charge is 2.36. The highest BCUT2D eigenvalue weighted by Crippen LogP contribution is 2.22. The summed E-state index contributed by atoms with van der Waals surface area (Å²) >= 11 is 0. The molecule has 1 aromatic heterocycles. The summed E-state index contributed by atoms with van der Waals surface area (Å²) in [6, 6.07) is 0. The molecule has 1 fully saturated rings. The molecule has 14 heavy (non-hydrogen) atoms. The van der Waals surface area contributed by atoms with Crippen molar-refractivity contribution >= 4 is 10.0 Å². The Morgan fingerprint density at radius 3 is 2.86 bits per heavy atom. The fourth-order valence-corrected chi connectivity index (χ4v) is 2.85. The van der Waals surface area contributed by atoms with E-state index in [0.717, 1.165) is 0 Å². The number of aromatic amines is 1. The molecule has 2 rings (SSSR count). The number of hydrogen-bond donors (Lipinski definition) is 2. The van der Waals surface area contributed by atoms with Crippen LogP contribution in [0.25, 0.3) is 0 Å². The third kappa shape index (κ3) is 1.43. The molecule has 1 aliphatic heterocycles. The summed E-state index contributed by atoms with van der Waals surface area (Å²) in [4.78, 5) is 6.21. The highest BCUT2D eigenvalue weighted by atomic mass is 32.2. The topological polar surface area (TPSA) is 86.3 Å². The average molecular weight is 217 g/mol. The summed E-state index contributed by atoms with van der Waals surface area (Å²) < 4.78 is 24.7. The maximum atomic E-state index is 11.7. The van der Waals surface area contributed by atoms with Crippen molar-refractivity contribution in [2.75, 3.05) is 19.7 Å². The molecule has 6 nitrogen and oxygen atoms in total. The van der Waals surface area contributed by atoms with Crippen LogP contribution in [0.2, 0.25) is 0 Å². The lowest BCUT2D eigenvalue weighted by molar-refractivity contribution is 0.117. The smallest absolute Gasteiger partial charge is 0.260 e. The van der Waals surface area contributed by atoms with E-state index >= 15 is 0 Å². The van der Waals surface area contributed by atoms with E-state index in [-0.39, 0.29) is 17.6 Å². The van der Waals surface area contributed by atoms with Crippen molar-refractivity contribution in [1.82, 2.24) is 14.3 Å². The second kappa shape index (κ2) is 3.34. The molecule has 1 aliphatic rings. The van der Waals surface area contributed by atoms with Crippen LogP contribution < -0.4 is 0 Å². The minimum absolute atomic E-state index is 0.0367. The quantitative estimate of drug-likeness (QED) is 0.681. The monoisotopic (exact) mass is 217 g/mol. The number of aromatic nitrogens is 2. The van der Waals surface area contributed by atoms with Crippen LogP contribution in [0.1, 0.15) is 0 Å². The second-order valence-electron chi connectivity index (χ2n) is 3.29. The molecule has 0 unspecified atom stereocenters. The van der Waals surface area contributed by atoms with Gasteiger partial charge in [0.25, 0.3) is 10.0 Å². The Balaban J connectivity index is 2.12. The fraction of sp³-hybridized carbons (Fsp3) is 0.571. The van der Waals surface area contributed by atoms with Gasteiger partial charge in [-0.2, -0.15) is 4.31 Å². The van der Waals surface area contributed by atoms with Crippen LogP contribution in [0.3, 0.4) is 0 Å². The molecule has 2 N–H and O–H groups in total. The van der Waals surface area contributed by atoms with Gasteiger partial charge < -0.3 is 10.1 Å². The van der Waals surface area contributed by atoms with Gasteiger partial charge in [-0.1, -0.05) is 0 Å². The number of sulfonamides is 1. The van der Waals surface area contributed by atoms with Crippen LogP contribution in [0.15, 0.2) is 17.6 Å². The standard InChI is InChI=1S/C7H11N3O3S/c11-4-6-2-10(3-6)14(12,13)7-1-8-5-9-7/h1,5-6,11H,2-4H2,(H,8,9). The van der Waals surface area contributed by atoms with Crippen molar-refractivity contribution in [2.45, 2.75) is 5.03 Å². The number of rotatable bonds is 3. The number of hydrogen-bond acceptors (Lipinski definition) is 4. The maximum Gasteiger partial charge on any atom is 0.260 e. The molecule has 7 heteroatoms. The Kier molecular flexibility index (Phi) is 2.30. The van der Waals surface area contributed by atoms with E-state index in [4.69, 9.17) is 5.11 Å². The van der Waals surface area contributed by atoms with Gasteiger partial charge in [-0.05, 0) is 0 Å². The van der Waals surface area contributed by atoms with Crippen molar-refractivity contribution in [3.63, 3.8) is 0 Å². The number of imidazole rings is 1. The van der Waals surface area contributed by atoms with Crippen molar-refractivity contribution in [3.05, 3.63) is 12.5 Å². The molecule has 0 aromatic carbocycles. The summed E-state index contributed by atoms with van der Waals surface area (Å²) in [6.07, 6.45) is 2.61. The van der Waals surface area contributed by atoms with E-state index in [2.05, 4.69) is 9.97 Å². The predicted octanol–water partition coefficient (Wildman–Crippen LogP) is -0.977. The van der Waals surface area contributed by atoms with Gasteiger partial charge in [0, 0.05) is 25.6 Å². The molecule has 78 valence electrons. The number of nitrogens with one attached hydrogen (secondary N) is 1. The van der Waals surface area contributed by atoms with Crippen LogP contribution in [0.4, 0.5) is 0 Å². The lowest BCUT2D eigenvalue weighted by atomic mass is 10.1. The van der Waals surface area contributed by atoms with Gasteiger partial charge in [0.2, 0.25) is 0 Å². The van der Waals surface area contributed by atoms with Crippen molar-refractivity contribution in [2.24, 2.45) is 5.92 Å². The zero-order valence-corrected chi connectivity index (χ0v) is 8.24. The van der Waals surface area contributed by atoms with Crippen LogP contribution in [0.5, 0.6) is 0 Å². The summed E-state index contributed by atoms with van der Waals surface area (Å²) in [5.41, 5.74) is 0. The Morgan fingerprint density at radius 2 is 2.36 bits per heavy atom. The Bertz CT molecular complexity index is 394. The highest BCUT2D eigenvalue weighted by molar-refractivity contribution is 7.89. The van der Waals surface area contributed by atoms with Crippen LogP contribution in [-0.2, 0) is 10.0 Å². The van der Waals surface area contributed by atoms with Crippen molar-refractivity contribution in [1.29, 1.82) is 0 Å². The summed E-state index contributed by atoms with van der Waals surface area (Å²) in [7, 11) is -3.40. The van der Waals surface area contributed by atoms with Crippen molar-refractivity contribution in [3.8, 4) is 0 Å². The van der Waals surface area contributed by atoms with E-state index in [1.54, 1.807) is 0 Å². The van der Waals surface area contributed by atoms with Gasteiger partial charge in [-0.3, -0.25) is 0 Å². The van der Waals surface area contributed by atoms with E-state index in [1.807, 2.05) is 0 Å². The zero-order chi connectivity index (χ0) is 10.2. The molecule has 0 saturated carbocycles. The lowest BCUT2D eigenvalue weighted by Gasteiger charge is -2.36. The Morgan fingerprint density at radius 1 is 1.64 bits per heavy atom. The van der Waals surface area contributed by atoms with Gasteiger partial charge in [-0.15, -0.1) is 0 Å². The van der Waals surface area contributed by atoms with E-state index in [9.17, 15) is 8.42 Å². The van der Waals surface area contributed by atoms with E-state index in [0.29, 0.717) is 13.1 Å². The van der Waals surface area contributed by atoms with Gasteiger partial charge >= 0.3 is 0 Å². The van der Waals surface area contributed by atoms with Crippen LogP contribution in [-0.4, -0.2) is 47.5 Å². The molecular formula is C7H11N3O3S. The molecule has 0 radical (unpaired) electrons. The van der Waals surface area contributed by atoms with Gasteiger partial charge in [0.1, 0.15) is 0 Å². The second-order valence-corrected chi connectivity index (χ2v) is 5.19. The first-order chi connectivity index (χ1) is 6.64. The largest absolute Gasteiger partial charge is 0.396 e. The number of aliphatic hydroxyl groups excluding tert-OH is 1. The maximum absolute atomic E-state index is 11.7. The predicted molar refractivity (Wildman–Crippen MR) is 47.9 cm³/mol. The zero-order valence-electron chi connectivity index (χ0n) is 7.42. The SMILES string of the molecule is O=S(=O)(c1cnc[nH]1)N1CC(CO)C1. The minimum atomic E-state index is -3.40. The third-order valence-electron chi connectivity index (χ3n) is 2.27. The average Bonchev–Trinajstić information content (AvgIpc) is 2.53. The molecule has 0 amide bonds. The number of H-pyrrole nitrogens is 1. The molecule has 0 bridgehead atoms. The molecule has 0 aliphatic carbocycles. The van der Waals surface area contributed by atoms with Crippen molar-refractivity contribution < 1.29 is 13.5 Å². The number of nitrogens with zero attached hydrogens (tertiary/aromatic N) is 2. The molecule has 1 aromatic rings. The molecule has 0 atom stereocenters. The molecule has 2 heterocycles. The van der Waals surface area contributed by atoms with Gasteiger partial charge in [0.05, 0.1) is 12.5 Å². The van der Waals surface area contributed by atoms with Gasteiger partial charge in [-0.25, -0.2) is 13.4 Å². The first-order valence-electron chi connectivity index (χ1n) is 4.24. The molecule has 0 spiro atoms. The van der Waals surface area contributed by atoms with Crippen LogP contribution >= 0.6 is 0 Å². The summed E-state index contributed by atoms with van der Waals surface area (Å²) in [5.74, 6) is 0.0766. The first-order valence-corrected chi connectivity index (χ1v) is 5.68. The first kappa shape index (κ1) is 9.63. The number of aliphatic hydroxyl groups is 1. The van der Waals surface area contributed by atoms with E-state index < -0.39 is 10.0 Å². The molecular weight excluding hydrogens is 206 g/mol. The normalized spacial score (nSPS) is 19.5. The Labute approximate surface area is 81.6 Å². The van der Waals surface area contributed by atoms with Crippen LogP contribution in [0, 0.1) is 5.92 Å². The Hall–Kier alpha value is -0.920.